The zero-order valence-electron chi connectivity index (χ0n) is 13.2. The second-order valence-corrected chi connectivity index (χ2v) is 5.22. The molecule has 21 heavy (non-hydrogen) atoms. The van der Waals surface area contributed by atoms with Crippen molar-refractivity contribution in [3.63, 3.8) is 0 Å². The fraction of sp³-hybridized carbons (Fsp3) is 0.471. The summed E-state index contributed by atoms with van der Waals surface area (Å²) in [6.07, 6.45) is 6.08. The average Bonchev–Trinajstić information content (AvgIpc) is 2.93. The number of benzene rings is 1. The molecular formula is C17H25N3O. The van der Waals surface area contributed by atoms with Crippen LogP contribution in [0.25, 0.3) is 0 Å². The third-order valence-corrected chi connectivity index (χ3v) is 3.35. The summed E-state index contributed by atoms with van der Waals surface area (Å²) in [4.78, 5) is 0. The lowest BCUT2D eigenvalue weighted by atomic mass is 10.0. The smallest absolute Gasteiger partial charge is 0.124 e. The van der Waals surface area contributed by atoms with Crippen molar-refractivity contribution in [1.29, 1.82) is 0 Å². The van der Waals surface area contributed by atoms with Gasteiger partial charge in [0.2, 0.25) is 0 Å². The van der Waals surface area contributed by atoms with Gasteiger partial charge in [0.25, 0.3) is 0 Å². The molecule has 1 unspecified atom stereocenters. The predicted molar refractivity (Wildman–Crippen MR) is 85.6 cm³/mol. The highest BCUT2D eigenvalue weighted by atomic mass is 16.5. The predicted octanol–water partition coefficient (Wildman–Crippen LogP) is 3.30. The van der Waals surface area contributed by atoms with Gasteiger partial charge in [-0.1, -0.05) is 32.0 Å². The highest BCUT2D eigenvalue weighted by molar-refractivity contribution is 5.40. The van der Waals surface area contributed by atoms with E-state index in [9.17, 15) is 0 Å². The molecule has 0 amide bonds. The van der Waals surface area contributed by atoms with E-state index in [1.54, 1.807) is 0 Å². The Balaban J connectivity index is 2.31. The van der Waals surface area contributed by atoms with Crippen LogP contribution in [0.3, 0.4) is 0 Å². The quantitative estimate of drug-likeness (QED) is 0.809. The van der Waals surface area contributed by atoms with Gasteiger partial charge in [-0.05, 0) is 25.5 Å². The van der Waals surface area contributed by atoms with Crippen molar-refractivity contribution >= 4 is 0 Å². The van der Waals surface area contributed by atoms with Gasteiger partial charge in [-0.25, -0.2) is 0 Å². The van der Waals surface area contributed by atoms with Gasteiger partial charge in [-0.2, -0.15) is 5.10 Å². The Bertz CT molecular complexity index is 550. The summed E-state index contributed by atoms with van der Waals surface area (Å²) in [6, 6.07) is 8.37. The van der Waals surface area contributed by atoms with Crippen LogP contribution < -0.4 is 10.1 Å². The van der Waals surface area contributed by atoms with Gasteiger partial charge >= 0.3 is 0 Å². The number of hydrogen-bond acceptors (Lipinski definition) is 3. The summed E-state index contributed by atoms with van der Waals surface area (Å²) < 4.78 is 7.75. The van der Waals surface area contributed by atoms with Crippen LogP contribution in [0.4, 0.5) is 0 Å². The van der Waals surface area contributed by atoms with Gasteiger partial charge in [-0.3, -0.25) is 4.68 Å². The van der Waals surface area contributed by atoms with Crippen LogP contribution in [-0.2, 0) is 7.05 Å². The van der Waals surface area contributed by atoms with E-state index >= 15 is 0 Å². The molecule has 0 fully saturated rings. The van der Waals surface area contributed by atoms with E-state index in [0.717, 1.165) is 31.7 Å². The highest BCUT2D eigenvalue weighted by Crippen LogP contribution is 2.30. The largest absolute Gasteiger partial charge is 0.493 e. The number of para-hydroxylation sites is 1. The van der Waals surface area contributed by atoms with Gasteiger partial charge in [0.15, 0.2) is 0 Å². The van der Waals surface area contributed by atoms with Crippen LogP contribution in [-0.4, -0.2) is 22.9 Å². The summed E-state index contributed by atoms with van der Waals surface area (Å²) in [6.45, 7) is 6.00. The monoisotopic (exact) mass is 287 g/mol. The third kappa shape index (κ3) is 4.08. The standard InChI is InChI=1S/C17H25N3O/c1-4-10-18-17(14-12-19-20(3)13-14)15-8-6-7-9-16(15)21-11-5-2/h6-9,12-13,17-18H,4-5,10-11H2,1-3H3. The molecule has 1 atom stereocenters. The van der Waals surface area contributed by atoms with E-state index in [2.05, 4.69) is 42.6 Å². The van der Waals surface area contributed by atoms with Crippen LogP contribution in [0.2, 0.25) is 0 Å². The maximum absolute atomic E-state index is 5.91. The molecule has 0 saturated carbocycles. The summed E-state index contributed by atoms with van der Waals surface area (Å²) in [5.41, 5.74) is 2.34. The molecule has 1 aromatic heterocycles. The number of rotatable bonds is 8. The molecule has 2 rings (SSSR count). The first-order chi connectivity index (χ1) is 10.3. The van der Waals surface area contributed by atoms with Gasteiger partial charge in [0.05, 0.1) is 18.8 Å². The Morgan fingerprint density at radius 1 is 1.24 bits per heavy atom. The summed E-state index contributed by atoms with van der Waals surface area (Å²) in [7, 11) is 1.94. The highest BCUT2D eigenvalue weighted by Gasteiger charge is 2.18. The number of aryl methyl sites for hydroxylation is 1. The second kappa shape index (κ2) is 7.84. The molecule has 0 aliphatic heterocycles. The van der Waals surface area contributed by atoms with Crippen molar-refractivity contribution in [3.8, 4) is 5.75 Å². The molecule has 0 spiro atoms. The van der Waals surface area contributed by atoms with Crippen LogP contribution in [0.15, 0.2) is 36.7 Å². The first-order valence-corrected chi connectivity index (χ1v) is 7.69. The molecule has 4 heteroatoms. The van der Waals surface area contributed by atoms with E-state index < -0.39 is 0 Å². The van der Waals surface area contributed by atoms with Gasteiger partial charge in [0, 0.05) is 24.4 Å². The number of nitrogens with zero attached hydrogens (tertiary/aromatic N) is 2. The number of hydrogen-bond donors (Lipinski definition) is 1. The van der Waals surface area contributed by atoms with Gasteiger partial charge in [-0.15, -0.1) is 0 Å². The molecule has 0 saturated heterocycles. The fourth-order valence-corrected chi connectivity index (χ4v) is 2.35. The fourth-order valence-electron chi connectivity index (χ4n) is 2.35. The van der Waals surface area contributed by atoms with E-state index in [0.29, 0.717) is 0 Å². The molecule has 0 radical (unpaired) electrons. The lowest BCUT2D eigenvalue weighted by molar-refractivity contribution is 0.311. The first-order valence-electron chi connectivity index (χ1n) is 7.69. The first kappa shape index (κ1) is 15.6. The SMILES string of the molecule is CCCNC(c1cnn(C)c1)c1ccccc1OCCC. The van der Waals surface area contributed by atoms with Crippen molar-refractivity contribution in [2.24, 2.45) is 7.05 Å². The van der Waals surface area contributed by atoms with Crippen LogP contribution in [0.1, 0.15) is 43.9 Å². The van der Waals surface area contributed by atoms with Crippen molar-refractivity contribution in [3.05, 3.63) is 47.8 Å². The molecular weight excluding hydrogens is 262 g/mol. The van der Waals surface area contributed by atoms with Crippen LogP contribution in [0.5, 0.6) is 5.75 Å². The zero-order chi connectivity index (χ0) is 15.1. The minimum atomic E-state index is 0.117. The van der Waals surface area contributed by atoms with Crippen LogP contribution in [0, 0.1) is 0 Å². The molecule has 1 aromatic carbocycles. The Labute approximate surface area is 127 Å². The zero-order valence-corrected chi connectivity index (χ0v) is 13.2. The summed E-state index contributed by atoms with van der Waals surface area (Å²) in [5.74, 6) is 0.955. The van der Waals surface area contributed by atoms with E-state index in [-0.39, 0.29) is 6.04 Å². The summed E-state index contributed by atoms with van der Waals surface area (Å²) >= 11 is 0. The van der Waals surface area contributed by atoms with E-state index in [4.69, 9.17) is 4.74 Å². The van der Waals surface area contributed by atoms with Crippen molar-refractivity contribution in [2.75, 3.05) is 13.2 Å². The molecule has 0 aliphatic rings. The maximum Gasteiger partial charge on any atom is 0.124 e. The number of aromatic nitrogens is 2. The molecule has 4 nitrogen and oxygen atoms in total. The molecule has 2 aromatic rings. The molecule has 1 heterocycles. The normalized spacial score (nSPS) is 12.3. The Morgan fingerprint density at radius 3 is 2.71 bits per heavy atom. The Kier molecular flexibility index (Phi) is 5.81. The molecule has 0 aliphatic carbocycles. The summed E-state index contributed by atoms with van der Waals surface area (Å²) in [5, 5.41) is 7.90. The van der Waals surface area contributed by atoms with Gasteiger partial charge in [0.1, 0.15) is 5.75 Å². The van der Waals surface area contributed by atoms with Crippen LogP contribution >= 0.6 is 0 Å². The van der Waals surface area contributed by atoms with Crippen molar-refractivity contribution in [1.82, 2.24) is 15.1 Å². The van der Waals surface area contributed by atoms with Crippen molar-refractivity contribution in [2.45, 2.75) is 32.7 Å². The maximum atomic E-state index is 5.91. The minimum absolute atomic E-state index is 0.117. The topological polar surface area (TPSA) is 39.1 Å². The third-order valence-electron chi connectivity index (χ3n) is 3.35. The average molecular weight is 287 g/mol. The number of nitrogens with one attached hydrogen (secondary N) is 1. The lowest BCUT2D eigenvalue weighted by Gasteiger charge is -2.21. The lowest BCUT2D eigenvalue weighted by Crippen LogP contribution is -2.23. The second-order valence-electron chi connectivity index (χ2n) is 5.22. The number of ether oxygens (including phenoxy) is 1. The molecule has 114 valence electrons. The van der Waals surface area contributed by atoms with Crippen molar-refractivity contribution < 1.29 is 4.74 Å². The van der Waals surface area contributed by atoms with E-state index in [1.807, 2.05) is 30.1 Å². The Morgan fingerprint density at radius 2 is 2.05 bits per heavy atom. The molecule has 0 bridgehead atoms. The van der Waals surface area contributed by atoms with E-state index in [1.165, 1.54) is 11.1 Å². The molecule has 1 N–H and O–H groups in total. The Hall–Kier alpha value is -1.81. The van der Waals surface area contributed by atoms with Gasteiger partial charge < -0.3 is 10.1 Å². The minimum Gasteiger partial charge on any atom is -0.493 e.